The van der Waals surface area contributed by atoms with Crippen LogP contribution in [0.25, 0.3) is 33.1 Å². The SMILES string of the molecule is COC(=O)c1ccc(CNc2cc(C(=O)N3CCCCCC3)ccc2C)cc1.COC(=O)c1ccc(CNc2cc(C(=O)N3CCCCCC3)ccc2N)cc1.COC(=O)c1ccc(Cn2c(C)nc3ccc(C(=O)N4CCCCCC4)cc32)cc1.Cc1nc2ccc(C(=O)N3CCCCCC3)cc2n1Cc1ccc(C(=O)O)cc1.Cc1nc2ccc(C(=O)N3CCCCCC3)cc2n1Cc1ccc(C(=O)OCCN(C)C)cc1. The number of benzene rings is 10. The molecule has 30 heteroatoms. The maximum Gasteiger partial charge on any atom is 0.338 e. The van der Waals surface area contributed by atoms with Gasteiger partial charge in [-0.25, -0.2) is 38.9 Å². The van der Waals surface area contributed by atoms with Crippen LogP contribution in [0.1, 0.15) is 283 Å². The molecule has 18 rings (SSSR count). The Morgan fingerprint density at radius 1 is 0.309 bits per heavy atom. The Kier molecular flexibility index (Phi) is 39.5. The molecule has 0 saturated carbocycles. The first-order valence-electron chi connectivity index (χ1n) is 52.3. The molecule has 149 heavy (non-hydrogen) atoms. The van der Waals surface area contributed by atoms with Gasteiger partial charge in [-0.3, -0.25) is 24.0 Å². The predicted molar refractivity (Wildman–Crippen MR) is 581 cm³/mol. The number of nitrogen functional groups attached to an aromatic ring is 1. The van der Waals surface area contributed by atoms with Crippen LogP contribution in [0.2, 0.25) is 0 Å². The first-order valence-corrected chi connectivity index (χ1v) is 52.3. The van der Waals surface area contributed by atoms with Crippen molar-refractivity contribution >= 4 is 110 Å². The summed E-state index contributed by atoms with van der Waals surface area (Å²) < 4.78 is 25.8. The number of rotatable bonds is 25. The molecule has 5 fully saturated rings. The highest BCUT2D eigenvalue weighted by Crippen LogP contribution is 2.31. The van der Waals surface area contributed by atoms with Crippen molar-refractivity contribution in [3.8, 4) is 0 Å². The number of likely N-dealkylation sites (N-methyl/N-ethyl adjacent to an activating group) is 1. The summed E-state index contributed by atoms with van der Waals surface area (Å²) in [5.41, 5.74) is 25.9. The number of imidazole rings is 3. The molecule has 0 aliphatic carbocycles. The average Bonchev–Trinajstić information content (AvgIpc) is 1.65. The molecule has 5 saturated heterocycles. The summed E-state index contributed by atoms with van der Waals surface area (Å²) >= 11 is 0. The zero-order valence-corrected chi connectivity index (χ0v) is 87.5. The molecule has 782 valence electrons. The fourth-order valence-corrected chi connectivity index (χ4v) is 19.3. The number of carbonyl (C=O) groups excluding carboxylic acids is 9. The number of aromatic carboxylic acids is 1. The van der Waals surface area contributed by atoms with Crippen molar-refractivity contribution in [2.24, 2.45) is 0 Å². The molecular formula is C119H141N15O15. The molecule has 5 aliphatic heterocycles. The molecule has 0 unspecified atom stereocenters. The van der Waals surface area contributed by atoms with Gasteiger partial charge >= 0.3 is 29.8 Å². The van der Waals surface area contributed by atoms with Crippen molar-refractivity contribution in [2.45, 2.75) is 189 Å². The Morgan fingerprint density at radius 3 is 0.846 bits per heavy atom. The number of amides is 5. The number of ether oxygens (including phenoxy) is 4. The normalized spacial score (nSPS) is 14.4. The number of carbonyl (C=O) groups is 10. The molecule has 0 spiro atoms. The number of nitrogens with zero attached hydrogens (tertiary/aromatic N) is 12. The van der Waals surface area contributed by atoms with Crippen LogP contribution in [-0.4, -0.2) is 237 Å². The summed E-state index contributed by atoms with van der Waals surface area (Å²) in [5.74, 6) is 0.834. The maximum atomic E-state index is 13.1. The third-order valence-corrected chi connectivity index (χ3v) is 28.1. The molecule has 5 N–H and O–H groups in total. The van der Waals surface area contributed by atoms with E-state index in [9.17, 15) is 47.9 Å². The van der Waals surface area contributed by atoms with E-state index in [0.29, 0.717) is 96.1 Å². The topological polar surface area (TPSA) is 351 Å². The van der Waals surface area contributed by atoms with Crippen molar-refractivity contribution in [1.82, 2.24) is 58.1 Å². The lowest BCUT2D eigenvalue weighted by molar-refractivity contribution is 0.0479. The van der Waals surface area contributed by atoms with Crippen molar-refractivity contribution in [3.05, 3.63) is 319 Å². The standard InChI is InChI=1S/C27H34N4O3.C24H27N3O3.C23H25N3O3.C23H28N2O3.C22H27N3O3/c1-20-28-24-13-12-23(26(32)30-14-6-4-5-7-15-30)18-25(24)31(20)19-21-8-10-22(11-9-21)27(33)34-17-16-29(2)3;1-17-25-21-12-11-20(23(28)26-13-5-3-4-6-14-26)15-22(21)27(17)16-18-7-9-19(10-8-18)24(29)30-2;1-16-24-20-11-10-19(22(27)25-12-4-2-3-5-13-25)14-21(20)26(16)15-17-6-8-18(9-7-17)23(28)29;1-17-7-10-20(22(26)25-13-5-3-4-6-14-25)15-21(17)24-16-18-8-11-19(12-9-18)23(27)28-2;1-28-22(27)17-8-6-16(7-9-17)15-24-20-14-18(10-11-19(20)23)21(26)25-12-4-2-3-5-13-25/h8-13,18H,4-7,14-17,19H2,1-3H3;7-12,15H,3-6,13-14,16H2,1-2H3;6-11,14H,2-5,12-13,15H2,1H3,(H,28,29);7-12,15,24H,3-6,13-14,16H2,1-2H3;6-11,14,24H,2-5,12-13,15,23H2,1H3. The van der Waals surface area contributed by atoms with Crippen LogP contribution in [0.3, 0.4) is 0 Å². The first-order chi connectivity index (χ1) is 72.2. The van der Waals surface area contributed by atoms with Crippen molar-refractivity contribution in [1.29, 1.82) is 0 Å². The number of hydrogen-bond donors (Lipinski definition) is 4. The first kappa shape index (κ1) is 109. The highest BCUT2D eigenvalue weighted by Gasteiger charge is 2.27. The van der Waals surface area contributed by atoms with Crippen LogP contribution >= 0.6 is 0 Å². The zero-order valence-electron chi connectivity index (χ0n) is 87.5. The molecule has 30 nitrogen and oxygen atoms in total. The second kappa shape index (κ2) is 53.9. The number of carboxylic acid groups (broad SMARTS) is 1. The molecule has 0 radical (unpaired) electrons. The van der Waals surface area contributed by atoms with E-state index in [1.54, 1.807) is 72.8 Å². The molecule has 10 aromatic carbocycles. The lowest BCUT2D eigenvalue weighted by atomic mass is 10.1. The van der Waals surface area contributed by atoms with Gasteiger partial charge in [-0.1, -0.05) is 131 Å². The van der Waals surface area contributed by atoms with Crippen LogP contribution in [0, 0.1) is 27.7 Å². The highest BCUT2D eigenvalue weighted by molar-refractivity contribution is 6.01. The van der Waals surface area contributed by atoms with Gasteiger partial charge in [-0.15, -0.1) is 0 Å². The Labute approximate surface area is 872 Å². The second-order valence-corrected chi connectivity index (χ2v) is 39.1. The van der Waals surface area contributed by atoms with Gasteiger partial charge in [0.05, 0.1) is 93.6 Å². The zero-order chi connectivity index (χ0) is 105. The Hall–Kier alpha value is -15.3. The predicted octanol–water partition coefficient (Wildman–Crippen LogP) is 20.5. The van der Waals surface area contributed by atoms with Gasteiger partial charge in [-0.05, 0) is 285 Å². The van der Waals surface area contributed by atoms with Crippen LogP contribution in [0.4, 0.5) is 17.1 Å². The summed E-state index contributed by atoms with van der Waals surface area (Å²) in [4.78, 5) is 149. The third kappa shape index (κ3) is 30.0. The number of esters is 4. The van der Waals surface area contributed by atoms with Crippen molar-refractivity contribution in [3.63, 3.8) is 0 Å². The van der Waals surface area contributed by atoms with Gasteiger partial charge in [0, 0.05) is 138 Å². The van der Waals surface area contributed by atoms with Gasteiger partial charge in [0.2, 0.25) is 0 Å². The molecule has 3 aromatic heterocycles. The Morgan fingerprint density at radius 2 is 0.557 bits per heavy atom. The number of hydrogen-bond acceptors (Lipinski definition) is 21. The number of aryl methyl sites for hydroxylation is 4. The van der Waals surface area contributed by atoms with E-state index in [0.717, 1.165) is 231 Å². The number of anilines is 3. The lowest BCUT2D eigenvalue weighted by Gasteiger charge is -2.21. The van der Waals surface area contributed by atoms with Gasteiger partial charge < -0.3 is 83.5 Å². The smallest absolute Gasteiger partial charge is 0.338 e. The number of nitrogens with one attached hydrogen (secondary N) is 2. The summed E-state index contributed by atoms with van der Waals surface area (Å²) in [5, 5.41) is 15.8. The number of nitrogens with two attached hydrogens (primary N) is 1. The summed E-state index contributed by atoms with van der Waals surface area (Å²) in [6, 6.07) is 64.8. The molecule has 13 aromatic rings. The van der Waals surface area contributed by atoms with Crippen LogP contribution in [-0.2, 0) is 51.7 Å². The van der Waals surface area contributed by atoms with Crippen LogP contribution in [0.5, 0.6) is 0 Å². The summed E-state index contributed by atoms with van der Waals surface area (Å²) in [6.45, 7) is 20.3. The second-order valence-electron chi connectivity index (χ2n) is 39.1. The van der Waals surface area contributed by atoms with E-state index in [4.69, 9.17) is 34.8 Å². The van der Waals surface area contributed by atoms with E-state index < -0.39 is 5.97 Å². The minimum atomic E-state index is -0.933. The third-order valence-electron chi connectivity index (χ3n) is 28.1. The van der Waals surface area contributed by atoms with Crippen LogP contribution < -0.4 is 16.4 Å². The minimum Gasteiger partial charge on any atom is -0.478 e. The summed E-state index contributed by atoms with van der Waals surface area (Å²) in [7, 11) is 8.00. The highest BCUT2D eigenvalue weighted by atomic mass is 16.5. The van der Waals surface area contributed by atoms with Crippen LogP contribution in [0.15, 0.2) is 212 Å². The number of aromatic nitrogens is 6. The van der Waals surface area contributed by atoms with Crippen molar-refractivity contribution < 1.29 is 72.0 Å². The lowest BCUT2D eigenvalue weighted by Crippen LogP contribution is -2.31. The fourth-order valence-electron chi connectivity index (χ4n) is 19.3. The van der Waals surface area contributed by atoms with E-state index in [1.165, 1.54) is 85.5 Å². The van der Waals surface area contributed by atoms with E-state index >= 15 is 0 Å². The van der Waals surface area contributed by atoms with E-state index in [1.807, 2.05) is 211 Å². The Bertz CT molecular complexity index is 6630. The molecule has 5 amide bonds. The largest absolute Gasteiger partial charge is 0.478 e. The fraction of sp³-hybridized carbons (Fsp3) is 0.387. The minimum absolute atomic E-state index is 0.0624. The molecular weight excluding hydrogens is 1880 g/mol. The maximum absolute atomic E-state index is 13.1. The molecule has 0 bridgehead atoms. The van der Waals surface area contributed by atoms with Gasteiger partial charge in [0.1, 0.15) is 24.1 Å². The quantitative estimate of drug-likeness (QED) is 0.0234. The van der Waals surface area contributed by atoms with Gasteiger partial charge in [-0.2, -0.15) is 0 Å². The summed E-state index contributed by atoms with van der Waals surface area (Å²) in [6.07, 6.45) is 22.7. The van der Waals surface area contributed by atoms with E-state index in [2.05, 4.69) is 34.3 Å². The van der Waals surface area contributed by atoms with Crippen molar-refractivity contribution in [2.75, 3.05) is 130 Å². The number of fused-ring (bicyclic) bond motifs is 3. The average molecular weight is 2020 g/mol. The molecule has 8 heterocycles. The number of methoxy groups -OCH3 is 3. The number of likely N-dealkylation sites (tertiary alicyclic amines) is 5. The molecule has 0 atom stereocenters. The molecule has 5 aliphatic rings. The van der Waals surface area contributed by atoms with Gasteiger partial charge in [0.15, 0.2) is 0 Å². The van der Waals surface area contributed by atoms with Gasteiger partial charge in [0.25, 0.3) is 29.5 Å². The monoisotopic (exact) mass is 2020 g/mol. The number of carboxylic acids is 1. The van der Waals surface area contributed by atoms with E-state index in [-0.39, 0.29) is 59.0 Å². The Balaban J connectivity index is 0.000000147.